The number of benzene rings is 2. The first-order chi connectivity index (χ1) is 11.6. The van der Waals surface area contributed by atoms with Gasteiger partial charge in [0.25, 0.3) is 5.91 Å². The van der Waals surface area contributed by atoms with Crippen LogP contribution in [0.15, 0.2) is 60.7 Å². The Bertz CT molecular complexity index is 655. The van der Waals surface area contributed by atoms with Gasteiger partial charge in [-0.25, -0.2) is 4.79 Å². The molecule has 0 heterocycles. The largest absolute Gasteiger partial charge is 0.457 e. The third kappa shape index (κ3) is 4.95. The molecule has 4 nitrogen and oxygen atoms in total. The highest BCUT2D eigenvalue weighted by molar-refractivity contribution is 5.94. The molecule has 1 N–H and O–H groups in total. The van der Waals surface area contributed by atoms with Crippen molar-refractivity contribution < 1.29 is 14.3 Å². The average Bonchev–Trinajstić information content (AvgIpc) is 2.62. The quantitative estimate of drug-likeness (QED) is 0.787. The number of carbonyl (C=O) groups excluding carboxylic acids is 2. The molecule has 0 aliphatic rings. The number of hydrogen-bond donors (Lipinski definition) is 1. The smallest absolute Gasteiger partial charge is 0.338 e. The van der Waals surface area contributed by atoms with Gasteiger partial charge in [0.1, 0.15) is 6.10 Å². The van der Waals surface area contributed by atoms with Crippen LogP contribution >= 0.6 is 0 Å². The fourth-order valence-electron chi connectivity index (χ4n) is 2.45. The van der Waals surface area contributed by atoms with Crippen LogP contribution in [-0.4, -0.2) is 24.0 Å². The molecule has 0 saturated carbocycles. The third-order valence-corrected chi connectivity index (χ3v) is 3.79. The lowest BCUT2D eigenvalue weighted by molar-refractivity contribution is 0.0190. The maximum absolute atomic E-state index is 12.3. The average molecular weight is 325 g/mol. The van der Waals surface area contributed by atoms with Gasteiger partial charge in [0.2, 0.25) is 0 Å². The summed E-state index contributed by atoms with van der Waals surface area (Å²) in [4.78, 5) is 24.5. The van der Waals surface area contributed by atoms with Gasteiger partial charge >= 0.3 is 5.97 Å². The van der Waals surface area contributed by atoms with Gasteiger partial charge in [-0.15, -0.1) is 0 Å². The Morgan fingerprint density at radius 2 is 1.50 bits per heavy atom. The van der Waals surface area contributed by atoms with E-state index in [1.54, 1.807) is 36.4 Å². The molecule has 2 rings (SSSR count). The Morgan fingerprint density at radius 1 is 0.958 bits per heavy atom. The van der Waals surface area contributed by atoms with E-state index >= 15 is 0 Å². The first kappa shape index (κ1) is 17.7. The molecular formula is C20H23NO3. The van der Waals surface area contributed by atoms with E-state index < -0.39 is 0 Å². The van der Waals surface area contributed by atoms with Gasteiger partial charge in [0.05, 0.1) is 11.6 Å². The molecule has 126 valence electrons. The molecule has 0 aliphatic heterocycles. The number of hydrogen-bond acceptors (Lipinski definition) is 3. The second-order valence-corrected chi connectivity index (χ2v) is 5.73. The van der Waals surface area contributed by atoms with Gasteiger partial charge in [-0.3, -0.25) is 4.79 Å². The van der Waals surface area contributed by atoms with Crippen molar-refractivity contribution in [3.05, 3.63) is 71.8 Å². The highest BCUT2D eigenvalue weighted by atomic mass is 16.5. The zero-order valence-electron chi connectivity index (χ0n) is 14.1. The SMILES string of the molecule is CCC[C@@H](OC(=O)c1ccccc1)[C@H](C)NC(=O)c1ccccc1. The van der Waals surface area contributed by atoms with Crippen molar-refractivity contribution in [2.45, 2.75) is 38.8 Å². The summed E-state index contributed by atoms with van der Waals surface area (Å²) in [6.07, 6.45) is 1.18. The molecule has 1 amide bonds. The van der Waals surface area contributed by atoms with Crippen molar-refractivity contribution in [1.29, 1.82) is 0 Å². The van der Waals surface area contributed by atoms with E-state index in [1.807, 2.05) is 38.1 Å². The van der Waals surface area contributed by atoms with Crippen molar-refractivity contribution >= 4 is 11.9 Å². The van der Waals surface area contributed by atoms with Crippen LogP contribution in [0, 0.1) is 0 Å². The van der Waals surface area contributed by atoms with Crippen molar-refractivity contribution in [2.24, 2.45) is 0 Å². The fourth-order valence-corrected chi connectivity index (χ4v) is 2.45. The molecule has 2 atom stereocenters. The number of carbonyl (C=O) groups is 2. The lowest BCUT2D eigenvalue weighted by Crippen LogP contribution is -2.43. The minimum absolute atomic E-state index is 0.167. The van der Waals surface area contributed by atoms with Gasteiger partial charge in [-0.1, -0.05) is 49.7 Å². The van der Waals surface area contributed by atoms with Crippen LogP contribution < -0.4 is 5.32 Å². The van der Waals surface area contributed by atoms with Crippen LogP contribution in [0.4, 0.5) is 0 Å². The Kier molecular flexibility index (Phi) is 6.55. The fraction of sp³-hybridized carbons (Fsp3) is 0.300. The lowest BCUT2D eigenvalue weighted by atomic mass is 10.1. The van der Waals surface area contributed by atoms with E-state index in [2.05, 4.69) is 5.32 Å². The summed E-state index contributed by atoms with van der Waals surface area (Å²) >= 11 is 0. The van der Waals surface area contributed by atoms with Gasteiger partial charge in [-0.05, 0) is 37.6 Å². The summed E-state index contributed by atoms with van der Waals surface area (Å²) in [6, 6.07) is 17.6. The predicted molar refractivity (Wildman–Crippen MR) is 93.9 cm³/mol. The maximum atomic E-state index is 12.3. The molecule has 4 heteroatoms. The minimum Gasteiger partial charge on any atom is -0.457 e. The van der Waals surface area contributed by atoms with Crippen molar-refractivity contribution in [3.63, 3.8) is 0 Å². The number of ether oxygens (including phenoxy) is 1. The van der Waals surface area contributed by atoms with Crippen LogP contribution in [0.25, 0.3) is 0 Å². The molecule has 0 aliphatic carbocycles. The Hall–Kier alpha value is -2.62. The number of rotatable bonds is 7. The first-order valence-electron chi connectivity index (χ1n) is 8.23. The molecule has 24 heavy (non-hydrogen) atoms. The molecule has 0 bridgehead atoms. The van der Waals surface area contributed by atoms with E-state index in [0.29, 0.717) is 17.5 Å². The summed E-state index contributed by atoms with van der Waals surface area (Å²) in [5, 5.41) is 2.92. The molecule has 0 fully saturated rings. The number of nitrogens with one attached hydrogen (secondary N) is 1. The van der Waals surface area contributed by atoms with Crippen molar-refractivity contribution in [3.8, 4) is 0 Å². The molecule has 2 aromatic carbocycles. The second kappa shape index (κ2) is 8.87. The molecule has 0 radical (unpaired) electrons. The molecule has 0 aromatic heterocycles. The summed E-state index contributed by atoms with van der Waals surface area (Å²) in [5.41, 5.74) is 1.11. The highest BCUT2D eigenvalue weighted by Crippen LogP contribution is 2.12. The topological polar surface area (TPSA) is 55.4 Å². The van der Waals surface area contributed by atoms with E-state index in [9.17, 15) is 9.59 Å². The minimum atomic E-state index is -0.366. The Balaban J connectivity index is 2.01. The summed E-state index contributed by atoms with van der Waals surface area (Å²) in [5.74, 6) is -0.533. The number of esters is 1. The molecule has 0 unspecified atom stereocenters. The zero-order valence-corrected chi connectivity index (χ0v) is 14.1. The maximum Gasteiger partial charge on any atom is 0.338 e. The Labute approximate surface area is 142 Å². The third-order valence-electron chi connectivity index (χ3n) is 3.79. The monoisotopic (exact) mass is 325 g/mol. The Morgan fingerprint density at radius 3 is 2.04 bits per heavy atom. The van der Waals surface area contributed by atoms with E-state index in [0.717, 1.165) is 6.42 Å². The van der Waals surface area contributed by atoms with E-state index in [-0.39, 0.29) is 24.0 Å². The van der Waals surface area contributed by atoms with Crippen LogP contribution in [0.5, 0.6) is 0 Å². The molecule has 0 spiro atoms. The summed E-state index contributed by atoms with van der Waals surface area (Å²) in [6.45, 7) is 3.88. The van der Waals surface area contributed by atoms with Crippen molar-refractivity contribution in [2.75, 3.05) is 0 Å². The molecule has 0 saturated heterocycles. The predicted octanol–water partition coefficient (Wildman–Crippen LogP) is 3.83. The van der Waals surface area contributed by atoms with Crippen LogP contribution in [-0.2, 0) is 4.74 Å². The molecule has 2 aromatic rings. The van der Waals surface area contributed by atoms with E-state index in [1.165, 1.54) is 0 Å². The first-order valence-corrected chi connectivity index (χ1v) is 8.23. The summed E-state index contributed by atoms with van der Waals surface area (Å²) in [7, 11) is 0. The van der Waals surface area contributed by atoms with E-state index in [4.69, 9.17) is 4.74 Å². The highest BCUT2D eigenvalue weighted by Gasteiger charge is 2.23. The molecular weight excluding hydrogens is 302 g/mol. The summed E-state index contributed by atoms with van der Waals surface area (Å²) < 4.78 is 5.62. The van der Waals surface area contributed by atoms with Crippen LogP contribution in [0.1, 0.15) is 47.4 Å². The van der Waals surface area contributed by atoms with Gasteiger partial charge < -0.3 is 10.1 Å². The number of amides is 1. The van der Waals surface area contributed by atoms with Gasteiger partial charge in [0.15, 0.2) is 0 Å². The van der Waals surface area contributed by atoms with Crippen LogP contribution in [0.3, 0.4) is 0 Å². The lowest BCUT2D eigenvalue weighted by Gasteiger charge is -2.25. The van der Waals surface area contributed by atoms with Crippen molar-refractivity contribution in [1.82, 2.24) is 5.32 Å². The standard InChI is InChI=1S/C20H23NO3/c1-3-10-18(24-20(23)17-13-8-5-9-14-17)15(2)21-19(22)16-11-6-4-7-12-16/h4-9,11-15,18H,3,10H2,1-2H3,(H,21,22)/t15-,18+/m0/s1. The normalized spacial score (nSPS) is 12.9. The second-order valence-electron chi connectivity index (χ2n) is 5.73. The zero-order chi connectivity index (χ0) is 17.4. The van der Waals surface area contributed by atoms with Crippen LogP contribution in [0.2, 0.25) is 0 Å². The van der Waals surface area contributed by atoms with Gasteiger partial charge in [0, 0.05) is 5.56 Å². The van der Waals surface area contributed by atoms with Gasteiger partial charge in [-0.2, -0.15) is 0 Å².